The average Bonchev–Trinajstić information content (AvgIpc) is 3.44. The Bertz CT molecular complexity index is 609. The summed E-state index contributed by atoms with van der Waals surface area (Å²) >= 11 is 0. The van der Waals surface area contributed by atoms with Crippen LogP contribution in [-0.4, -0.2) is 54.2 Å². The van der Waals surface area contributed by atoms with E-state index in [1.807, 2.05) is 32.9 Å². The van der Waals surface area contributed by atoms with Crippen molar-refractivity contribution in [3.8, 4) is 0 Å². The normalized spacial score (nSPS) is 14.6. The summed E-state index contributed by atoms with van der Waals surface area (Å²) < 4.78 is 5.55. The van der Waals surface area contributed by atoms with Gasteiger partial charge in [-0.05, 0) is 57.6 Å². The molecule has 7 nitrogen and oxygen atoms in total. The fourth-order valence-corrected chi connectivity index (χ4v) is 2.53. The summed E-state index contributed by atoms with van der Waals surface area (Å²) in [5, 5.41) is 6.65. The molecule has 0 unspecified atom stereocenters. The van der Waals surface area contributed by atoms with Crippen LogP contribution in [0.4, 0.5) is 4.79 Å². The summed E-state index contributed by atoms with van der Waals surface area (Å²) in [5.74, 6) is 1.61. The zero-order chi connectivity index (χ0) is 19.7. The van der Waals surface area contributed by atoms with Gasteiger partial charge in [-0.2, -0.15) is 0 Å². The van der Waals surface area contributed by atoms with Crippen LogP contribution in [0, 0.1) is 5.92 Å². The third kappa shape index (κ3) is 8.75. The second kappa shape index (κ2) is 10.1. The van der Waals surface area contributed by atoms with Crippen molar-refractivity contribution in [2.75, 3.05) is 26.7 Å². The highest BCUT2D eigenvalue weighted by Crippen LogP contribution is 2.27. The van der Waals surface area contributed by atoms with Gasteiger partial charge >= 0.3 is 6.09 Å². The number of carbonyl (C=O) groups excluding carboxylic acids is 1. The molecule has 1 fully saturated rings. The number of ether oxygens (including phenoxy) is 1. The summed E-state index contributed by atoms with van der Waals surface area (Å²) in [6.45, 7) is 8.42. The molecule has 1 aromatic heterocycles. The van der Waals surface area contributed by atoms with Crippen molar-refractivity contribution in [2.24, 2.45) is 10.9 Å². The zero-order valence-electron chi connectivity index (χ0n) is 17.0. The van der Waals surface area contributed by atoms with Crippen molar-refractivity contribution >= 4 is 12.1 Å². The lowest BCUT2D eigenvalue weighted by molar-refractivity contribution is 0.0232. The molecule has 150 valence electrons. The van der Waals surface area contributed by atoms with Gasteiger partial charge in [0.1, 0.15) is 5.60 Å². The summed E-state index contributed by atoms with van der Waals surface area (Å²) in [6, 6.07) is 3.84. The highest BCUT2D eigenvalue weighted by molar-refractivity contribution is 5.79. The molecule has 0 aromatic carbocycles. The minimum Gasteiger partial charge on any atom is -0.444 e. The van der Waals surface area contributed by atoms with Crippen molar-refractivity contribution in [3.05, 3.63) is 30.1 Å². The quantitative estimate of drug-likeness (QED) is 0.415. The molecule has 1 saturated carbocycles. The Balaban J connectivity index is 1.82. The van der Waals surface area contributed by atoms with Crippen LogP contribution in [0.25, 0.3) is 0 Å². The standard InChI is InChI=1S/C20H33N5O2/c1-20(2,3)27-19(26)25(15-17-7-5-10-22-13-17)12-6-11-23-18(21-4)24-14-16-8-9-16/h5,7,10,13,16H,6,8-9,11-12,14-15H2,1-4H3,(H2,21,23,24). The molecule has 1 aromatic rings. The smallest absolute Gasteiger partial charge is 0.410 e. The number of nitrogens with zero attached hydrogens (tertiary/aromatic N) is 3. The topological polar surface area (TPSA) is 78.9 Å². The van der Waals surface area contributed by atoms with Crippen molar-refractivity contribution in [3.63, 3.8) is 0 Å². The molecule has 0 bridgehead atoms. The third-order valence-electron chi connectivity index (χ3n) is 4.12. The molecule has 1 amide bonds. The summed E-state index contributed by atoms with van der Waals surface area (Å²) in [7, 11) is 1.78. The summed E-state index contributed by atoms with van der Waals surface area (Å²) in [4.78, 5) is 22.6. The van der Waals surface area contributed by atoms with E-state index in [-0.39, 0.29) is 6.09 Å². The predicted octanol–water partition coefficient (Wildman–Crippen LogP) is 2.78. The maximum atomic E-state index is 12.6. The molecule has 0 aliphatic heterocycles. The lowest BCUT2D eigenvalue weighted by atomic mass is 10.2. The molecule has 1 aliphatic rings. The number of nitrogens with one attached hydrogen (secondary N) is 2. The molecule has 1 heterocycles. The zero-order valence-corrected chi connectivity index (χ0v) is 17.0. The van der Waals surface area contributed by atoms with Crippen LogP contribution in [0.1, 0.15) is 45.6 Å². The number of hydrogen-bond donors (Lipinski definition) is 2. The van der Waals surface area contributed by atoms with Crippen LogP contribution < -0.4 is 10.6 Å². The fraction of sp³-hybridized carbons (Fsp3) is 0.650. The van der Waals surface area contributed by atoms with E-state index in [0.717, 1.165) is 37.0 Å². The maximum Gasteiger partial charge on any atom is 0.410 e. The molecule has 0 radical (unpaired) electrons. The van der Waals surface area contributed by atoms with Gasteiger partial charge in [0.2, 0.25) is 0 Å². The van der Waals surface area contributed by atoms with Crippen LogP contribution in [0.15, 0.2) is 29.5 Å². The third-order valence-corrected chi connectivity index (χ3v) is 4.12. The first kappa shape index (κ1) is 21.0. The lowest BCUT2D eigenvalue weighted by Gasteiger charge is -2.27. The molecule has 7 heteroatoms. The predicted molar refractivity (Wildman–Crippen MR) is 108 cm³/mol. The lowest BCUT2D eigenvalue weighted by Crippen LogP contribution is -2.41. The highest BCUT2D eigenvalue weighted by atomic mass is 16.6. The van der Waals surface area contributed by atoms with Crippen LogP contribution in [0.5, 0.6) is 0 Å². The van der Waals surface area contributed by atoms with E-state index in [1.165, 1.54) is 12.8 Å². The summed E-state index contributed by atoms with van der Waals surface area (Å²) in [6.07, 6.45) is 6.61. The van der Waals surface area contributed by atoms with Gasteiger partial charge in [-0.25, -0.2) is 4.79 Å². The minimum atomic E-state index is -0.517. The SMILES string of the molecule is CN=C(NCCCN(Cc1cccnc1)C(=O)OC(C)(C)C)NCC1CC1. The molecule has 0 spiro atoms. The van der Waals surface area contributed by atoms with E-state index >= 15 is 0 Å². The van der Waals surface area contributed by atoms with Crippen LogP contribution in [0.3, 0.4) is 0 Å². The molecular weight excluding hydrogens is 342 g/mol. The number of carbonyl (C=O) groups is 1. The Morgan fingerprint density at radius 3 is 2.74 bits per heavy atom. The number of guanidine groups is 1. The number of hydrogen-bond acceptors (Lipinski definition) is 4. The second-order valence-corrected chi connectivity index (χ2v) is 7.94. The van der Waals surface area contributed by atoms with Crippen LogP contribution in [-0.2, 0) is 11.3 Å². The number of aromatic nitrogens is 1. The van der Waals surface area contributed by atoms with Gasteiger partial charge in [-0.3, -0.25) is 9.98 Å². The van der Waals surface area contributed by atoms with Gasteiger partial charge in [-0.1, -0.05) is 6.07 Å². The second-order valence-electron chi connectivity index (χ2n) is 7.94. The van der Waals surface area contributed by atoms with Crippen molar-refractivity contribution < 1.29 is 9.53 Å². The largest absolute Gasteiger partial charge is 0.444 e. The van der Waals surface area contributed by atoms with Gasteiger partial charge in [0.05, 0.1) is 6.54 Å². The molecule has 2 N–H and O–H groups in total. The Hall–Kier alpha value is -2.31. The van der Waals surface area contributed by atoms with Gasteiger partial charge in [0.25, 0.3) is 0 Å². The van der Waals surface area contributed by atoms with Crippen molar-refractivity contribution in [1.82, 2.24) is 20.5 Å². The van der Waals surface area contributed by atoms with Crippen molar-refractivity contribution in [2.45, 2.75) is 52.2 Å². The molecular formula is C20H33N5O2. The molecule has 1 aliphatic carbocycles. The first-order valence-electron chi connectivity index (χ1n) is 9.69. The van der Waals surface area contributed by atoms with E-state index in [4.69, 9.17) is 4.74 Å². The van der Waals surface area contributed by atoms with Gasteiger partial charge in [0, 0.05) is 39.1 Å². The Morgan fingerprint density at radius 1 is 1.37 bits per heavy atom. The number of aliphatic imine (C=N–C) groups is 1. The van der Waals surface area contributed by atoms with E-state index in [1.54, 1.807) is 24.3 Å². The van der Waals surface area contributed by atoms with E-state index in [9.17, 15) is 4.79 Å². The first-order valence-corrected chi connectivity index (χ1v) is 9.69. The Kier molecular flexibility index (Phi) is 7.88. The maximum absolute atomic E-state index is 12.6. The van der Waals surface area contributed by atoms with E-state index in [2.05, 4.69) is 20.6 Å². The van der Waals surface area contributed by atoms with E-state index < -0.39 is 5.60 Å². The average molecular weight is 376 g/mol. The molecule has 0 saturated heterocycles. The number of pyridine rings is 1. The van der Waals surface area contributed by atoms with Gasteiger partial charge in [0.15, 0.2) is 5.96 Å². The molecule has 0 atom stereocenters. The Labute approximate surface area is 162 Å². The Morgan fingerprint density at radius 2 is 2.15 bits per heavy atom. The number of amides is 1. The van der Waals surface area contributed by atoms with E-state index in [0.29, 0.717) is 13.1 Å². The monoisotopic (exact) mass is 375 g/mol. The number of rotatable bonds is 8. The molecule has 2 rings (SSSR count). The summed E-state index contributed by atoms with van der Waals surface area (Å²) in [5.41, 5.74) is 0.468. The minimum absolute atomic E-state index is 0.303. The van der Waals surface area contributed by atoms with Gasteiger partial charge in [-0.15, -0.1) is 0 Å². The van der Waals surface area contributed by atoms with Crippen LogP contribution in [0.2, 0.25) is 0 Å². The molecule has 27 heavy (non-hydrogen) atoms. The highest BCUT2D eigenvalue weighted by Gasteiger charge is 2.22. The first-order chi connectivity index (χ1) is 12.9. The van der Waals surface area contributed by atoms with Crippen LogP contribution >= 0.6 is 0 Å². The fourth-order valence-electron chi connectivity index (χ4n) is 2.53. The van der Waals surface area contributed by atoms with Gasteiger partial charge < -0.3 is 20.3 Å². The van der Waals surface area contributed by atoms with Crippen molar-refractivity contribution in [1.29, 1.82) is 0 Å².